The fourth-order valence-electron chi connectivity index (χ4n) is 5.85. The summed E-state index contributed by atoms with van der Waals surface area (Å²) in [4.78, 5) is 26.7. The molecule has 0 bridgehead atoms. The first-order valence-corrected chi connectivity index (χ1v) is 16.3. The van der Waals surface area contributed by atoms with Crippen LogP contribution in [0.2, 0.25) is 0 Å². The van der Waals surface area contributed by atoms with Crippen LogP contribution >= 0.6 is 0 Å². The Hall–Kier alpha value is -5.17. The lowest BCUT2D eigenvalue weighted by molar-refractivity contribution is -0.138. The average molecular weight is 632 g/mol. The number of pyridine rings is 1. The van der Waals surface area contributed by atoms with Crippen molar-refractivity contribution in [2.24, 2.45) is 0 Å². The molecule has 0 fully saturated rings. The Morgan fingerprint density at radius 1 is 0.617 bits per heavy atom. The lowest BCUT2D eigenvalue weighted by Crippen LogP contribution is -2.07. The van der Waals surface area contributed by atoms with Crippen LogP contribution in [-0.4, -0.2) is 40.3 Å². The molecule has 4 aromatic carbocycles. The molecule has 5 rings (SSSR count). The molecule has 2 N–H and O–H groups in total. The van der Waals surface area contributed by atoms with Gasteiger partial charge in [0.25, 0.3) is 0 Å². The van der Waals surface area contributed by atoms with Crippen LogP contribution in [0.4, 0.5) is 0 Å². The first kappa shape index (κ1) is 33.2. The van der Waals surface area contributed by atoms with Crippen molar-refractivity contribution >= 4 is 22.8 Å². The Labute approximate surface area is 275 Å². The number of benzene rings is 4. The largest absolute Gasteiger partial charge is 0.494 e. The summed E-state index contributed by atoms with van der Waals surface area (Å²) in [6.45, 7) is 0.892. The van der Waals surface area contributed by atoms with Gasteiger partial charge in [-0.25, -0.2) is 0 Å². The number of rotatable bonds is 18. The predicted octanol–water partition coefficient (Wildman–Crippen LogP) is 9.01. The van der Waals surface area contributed by atoms with E-state index < -0.39 is 11.9 Å². The molecule has 7 heteroatoms. The van der Waals surface area contributed by atoms with Crippen molar-refractivity contribution in [2.45, 2.75) is 57.8 Å². The van der Waals surface area contributed by atoms with Gasteiger partial charge in [-0.15, -0.1) is 0 Å². The molecule has 0 spiro atoms. The molecule has 0 radical (unpaired) electrons. The van der Waals surface area contributed by atoms with Crippen LogP contribution in [0.5, 0.6) is 11.5 Å². The van der Waals surface area contributed by atoms with Gasteiger partial charge in [0.05, 0.1) is 18.7 Å². The highest BCUT2D eigenvalue weighted by Crippen LogP contribution is 2.35. The molecule has 0 amide bonds. The molecule has 242 valence electrons. The van der Waals surface area contributed by atoms with Gasteiger partial charge in [0.1, 0.15) is 11.5 Å². The monoisotopic (exact) mass is 631 g/mol. The average Bonchev–Trinajstić information content (AvgIpc) is 3.09. The second-order valence-corrected chi connectivity index (χ2v) is 11.6. The van der Waals surface area contributed by atoms with Crippen molar-refractivity contribution in [1.82, 2.24) is 4.98 Å². The summed E-state index contributed by atoms with van der Waals surface area (Å²) in [5.41, 5.74) is 7.40. The highest BCUT2D eigenvalue weighted by Gasteiger charge is 2.13. The van der Waals surface area contributed by atoms with Crippen molar-refractivity contribution in [2.75, 3.05) is 13.2 Å². The third-order valence-corrected chi connectivity index (χ3v) is 8.19. The zero-order valence-corrected chi connectivity index (χ0v) is 26.6. The van der Waals surface area contributed by atoms with Crippen LogP contribution in [0.15, 0.2) is 103 Å². The van der Waals surface area contributed by atoms with E-state index in [4.69, 9.17) is 14.6 Å². The number of aryl methyl sites for hydroxylation is 1. The molecule has 0 atom stereocenters. The van der Waals surface area contributed by atoms with Crippen LogP contribution in [0.3, 0.4) is 0 Å². The van der Waals surface area contributed by atoms with Gasteiger partial charge < -0.3 is 19.7 Å². The smallest absolute Gasteiger partial charge is 0.303 e. The number of aromatic nitrogens is 1. The van der Waals surface area contributed by atoms with Crippen molar-refractivity contribution in [1.29, 1.82) is 0 Å². The number of carboxylic acid groups (broad SMARTS) is 2. The second-order valence-electron chi connectivity index (χ2n) is 11.6. The maximum Gasteiger partial charge on any atom is 0.303 e. The number of hydrogen-bond acceptors (Lipinski definition) is 5. The normalized spacial score (nSPS) is 11.0. The topological polar surface area (TPSA) is 106 Å². The fourth-order valence-corrected chi connectivity index (χ4v) is 5.85. The molecule has 5 aromatic rings. The zero-order valence-electron chi connectivity index (χ0n) is 26.6. The van der Waals surface area contributed by atoms with Crippen LogP contribution in [0.25, 0.3) is 33.2 Å². The molecular formula is C40H41NO6. The summed E-state index contributed by atoms with van der Waals surface area (Å²) >= 11 is 0. The summed E-state index contributed by atoms with van der Waals surface area (Å²) in [6, 6.07) is 32.9. The predicted molar refractivity (Wildman–Crippen MR) is 185 cm³/mol. The van der Waals surface area contributed by atoms with Gasteiger partial charge >= 0.3 is 11.9 Å². The lowest BCUT2D eigenvalue weighted by atomic mass is 9.96. The minimum absolute atomic E-state index is 0.0183. The molecule has 0 saturated heterocycles. The Bertz CT molecular complexity index is 1780. The Kier molecular flexibility index (Phi) is 12.0. The fraction of sp³-hybridized carbons (Fsp3) is 0.275. The van der Waals surface area contributed by atoms with Crippen molar-refractivity contribution in [3.05, 3.63) is 114 Å². The number of carbonyl (C=O) groups is 2. The molecule has 7 nitrogen and oxygen atoms in total. The van der Waals surface area contributed by atoms with Crippen LogP contribution in [0.1, 0.15) is 56.1 Å². The van der Waals surface area contributed by atoms with Gasteiger partial charge in [0.15, 0.2) is 0 Å². The number of hydrogen-bond donors (Lipinski definition) is 2. The highest BCUT2D eigenvalue weighted by molar-refractivity contribution is 5.95. The SMILES string of the molecule is O=C(O)CCCOc1cccc(CCCCCCOc2cc(-c3ccccc3)cc(-c3cccc4ncccc34)c2)c1CCC(=O)O. The standard InChI is InChI=1S/C40H41NO6/c42-39(43)20-11-25-47-38-19-8-15-30(35(38)21-22-40(44)45)14-4-1-2-7-24-46-33-27-31(29-12-5-3-6-13-29)26-32(28-33)34-16-9-18-37-36(34)17-10-23-41-37/h3,5-6,8-10,12-13,15-19,23,26-28H,1-2,4,7,11,14,20-22,24-25H2,(H,42,43)(H,44,45). The third kappa shape index (κ3) is 9.66. The van der Waals surface area contributed by atoms with Crippen molar-refractivity contribution < 1.29 is 29.3 Å². The molecule has 1 aromatic heterocycles. The zero-order chi connectivity index (χ0) is 32.8. The van der Waals surface area contributed by atoms with Crippen LogP contribution in [-0.2, 0) is 22.4 Å². The van der Waals surface area contributed by atoms with E-state index in [1.165, 1.54) is 0 Å². The summed E-state index contributed by atoms with van der Waals surface area (Å²) in [7, 11) is 0. The highest BCUT2D eigenvalue weighted by atomic mass is 16.5. The van der Waals surface area contributed by atoms with E-state index in [1.807, 2.05) is 60.8 Å². The maximum atomic E-state index is 11.3. The number of ether oxygens (including phenoxy) is 2. The molecule has 0 unspecified atom stereocenters. The number of unbranched alkanes of at least 4 members (excludes halogenated alkanes) is 3. The first-order valence-electron chi connectivity index (χ1n) is 16.3. The van der Waals surface area contributed by atoms with Gasteiger partial charge in [0.2, 0.25) is 0 Å². The first-order chi connectivity index (χ1) is 23.0. The molecule has 0 aliphatic carbocycles. The lowest BCUT2D eigenvalue weighted by Gasteiger charge is -2.15. The Morgan fingerprint density at radius 2 is 1.38 bits per heavy atom. The third-order valence-electron chi connectivity index (χ3n) is 8.19. The second kappa shape index (κ2) is 16.9. The quantitative estimate of drug-likeness (QED) is 0.0930. The summed E-state index contributed by atoms with van der Waals surface area (Å²) < 4.78 is 12.2. The number of fused-ring (bicyclic) bond motifs is 1. The number of nitrogens with zero attached hydrogens (tertiary/aromatic N) is 1. The van der Waals surface area contributed by atoms with E-state index >= 15 is 0 Å². The molecule has 47 heavy (non-hydrogen) atoms. The molecule has 0 saturated carbocycles. The van der Waals surface area contributed by atoms with Crippen molar-refractivity contribution in [3.8, 4) is 33.8 Å². The van der Waals surface area contributed by atoms with Crippen LogP contribution in [0, 0.1) is 0 Å². The van der Waals surface area contributed by atoms with E-state index in [-0.39, 0.29) is 19.4 Å². The number of carboxylic acids is 2. The van der Waals surface area contributed by atoms with E-state index in [0.717, 1.165) is 82.1 Å². The molecule has 0 aliphatic heterocycles. The summed E-state index contributed by atoms with van der Waals surface area (Å²) in [6.07, 6.45) is 7.39. The van der Waals surface area contributed by atoms with Crippen molar-refractivity contribution in [3.63, 3.8) is 0 Å². The van der Waals surface area contributed by atoms with Crippen LogP contribution < -0.4 is 9.47 Å². The van der Waals surface area contributed by atoms with Gasteiger partial charge in [-0.05, 0) is 102 Å². The Balaban J connectivity index is 1.18. The molecular weight excluding hydrogens is 590 g/mol. The van der Waals surface area contributed by atoms with Gasteiger partial charge in [-0.1, -0.05) is 73.5 Å². The number of aliphatic carboxylic acids is 2. The van der Waals surface area contributed by atoms with E-state index in [2.05, 4.69) is 47.4 Å². The molecule has 0 aliphatic rings. The van der Waals surface area contributed by atoms with E-state index in [0.29, 0.717) is 25.2 Å². The molecule has 1 heterocycles. The minimum Gasteiger partial charge on any atom is -0.494 e. The van der Waals surface area contributed by atoms with E-state index in [1.54, 1.807) is 0 Å². The van der Waals surface area contributed by atoms with Gasteiger partial charge in [-0.2, -0.15) is 0 Å². The summed E-state index contributed by atoms with van der Waals surface area (Å²) in [5.74, 6) is -0.222. The maximum absolute atomic E-state index is 11.3. The van der Waals surface area contributed by atoms with E-state index in [9.17, 15) is 14.7 Å². The van der Waals surface area contributed by atoms with Gasteiger partial charge in [0, 0.05) is 24.4 Å². The Morgan fingerprint density at radius 3 is 2.21 bits per heavy atom. The van der Waals surface area contributed by atoms with Gasteiger partial charge in [-0.3, -0.25) is 14.6 Å². The summed E-state index contributed by atoms with van der Waals surface area (Å²) in [5, 5.41) is 19.3. The minimum atomic E-state index is -0.858.